The largest absolute Gasteiger partial charge is 0.496 e. The van der Waals surface area contributed by atoms with E-state index >= 15 is 0 Å². The number of hydrogen-bond acceptors (Lipinski definition) is 3. The minimum Gasteiger partial charge on any atom is -0.496 e. The number of aromatic nitrogens is 2. The Morgan fingerprint density at radius 2 is 1.42 bits per heavy atom. The van der Waals surface area contributed by atoms with Gasteiger partial charge in [-0.15, -0.1) is 0 Å². The van der Waals surface area contributed by atoms with Gasteiger partial charge in [-0.3, -0.25) is 4.68 Å². The zero-order valence-corrected chi connectivity index (χ0v) is 19.2. The highest BCUT2D eigenvalue weighted by Crippen LogP contribution is 2.42. The average Bonchev–Trinajstić information content (AvgIpc) is 3.11. The van der Waals surface area contributed by atoms with Crippen molar-refractivity contribution in [1.82, 2.24) is 9.78 Å². The van der Waals surface area contributed by atoms with Gasteiger partial charge in [-0.05, 0) is 42.0 Å². The van der Waals surface area contributed by atoms with Crippen molar-refractivity contribution in [2.75, 3.05) is 14.2 Å². The van der Waals surface area contributed by atoms with E-state index in [0.29, 0.717) is 38.8 Å². The van der Waals surface area contributed by atoms with Gasteiger partial charge >= 0.3 is 0 Å². The van der Waals surface area contributed by atoms with Gasteiger partial charge in [-0.1, -0.05) is 65.1 Å². The van der Waals surface area contributed by atoms with Crippen LogP contribution in [0.15, 0.2) is 66.7 Å². The van der Waals surface area contributed by atoms with E-state index in [-0.39, 0.29) is 0 Å². The lowest BCUT2D eigenvalue weighted by atomic mass is 10.1. The van der Waals surface area contributed by atoms with Crippen LogP contribution in [0.2, 0.25) is 15.1 Å². The quantitative estimate of drug-likeness (QED) is 0.296. The monoisotopic (exact) mass is 472 g/mol. The molecule has 0 radical (unpaired) electrons. The van der Waals surface area contributed by atoms with Crippen LogP contribution in [0.5, 0.6) is 11.5 Å². The van der Waals surface area contributed by atoms with Crippen molar-refractivity contribution in [1.29, 1.82) is 0 Å². The number of nitrogens with zero attached hydrogens (tertiary/aromatic N) is 2. The van der Waals surface area contributed by atoms with Crippen LogP contribution in [-0.4, -0.2) is 24.0 Å². The molecule has 31 heavy (non-hydrogen) atoms. The van der Waals surface area contributed by atoms with E-state index in [2.05, 4.69) is 0 Å². The minimum atomic E-state index is 0.401. The third-order valence-electron chi connectivity index (χ3n) is 4.95. The first-order valence-corrected chi connectivity index (χ1v) is 10.6. The fraction of sp³-hybridized carbons (Fsp3) is 0.125. The Bertz CT molecular complexity index is 1240. The maximum atomic E-state index is 6.94. The molecule has 0 aliphatic heterocycles. The van der Waals surface area contributed by atoms with Crippen LogP contribution in [0, 0.1) is 0 Å². The molecule has 1 heterocycles. The van der Waals surface area contributed by atoms with Gasteiger partial charge in [0.2, 0.25) is 0 Å². The summed E-state index contributed by atoms with van der Waals surface area (Å²) in [4.78, 5) is 0. The lowest BCUT2D eigenvalue weighted by Crippen LogP contribution is -2.05. The van der Waals surface area contributed by atoms with Crippen LogP contribution in [0.25, 0.3) is 22.5 Å². The van der Waals surface area contributed by atoms with Crippen molar-refractivity contribution < 1.29 is 9.47 Å². The van der Waals surface area contributed by atoms with Crippen molar-refractivity contribution in [3.63, 3.8) is 0 Å². The van der Waals surface area contributed by atoms with Gasteiger partial charge in [0.1, 0.15) is 17.2 Å². The normalized spacial score (nSPS) is 10.9. The first kappa shape index (κ1) is 21.6. The van der Waals surface area contributed by atoms with Crippen molar-refractivity contribution in [3.05, 3.63) is 87.4 Å². The Kier molecular flexibility index (Phi) is 6.42. The molecule has 1 aromatic heterocycles. The standard InChI is InChI=1S/C24H19Cl3N2O2/c1-30-20-9-5-3-7-17(20)23-22(27)24(18-8-4-6-10-21(18)31-2)29(28-23)14-15-11-12-16(25)13-19(15)26/h3-13H,14H2,1-2H3. The molecule has 0 aliphatic carbocycles. The zero-order chi connectivity index (χ0) is 22.0. The highest BCUT2D eigenvalue weighted by molar-refractivity contribution is 6.36. The molecule has 7 heteroatoms. The van der Waals surface area contributed by atoms with Crippen LogP contribution >= 0.6 is 34.8 Å². The summed E-state index contributed by atoms with van der Waals surface area (Å²) >= 11 is 19.5. The molecular formula is C24H19Cl3N2O2. The summed E-state index contributed by atoms with van der Waals surface area (Å²) in [5, 5.41) is 6.49. The van der Waals surface area contributed by atoms with Gasteiger partial charge in [0.05, 0.1) is 31.5 Å². The number of rotatable bonds is 6. The van der Waals surface area contributed by atoms with Crippen molar-refractivity contribution >= 4 is 34.8 Å². The molecule has 4 aromatic rings. The summed E-state index contributed by atoms with van der Waals surface area (Å²) < 4.78 is 13.0. The highest BCUT2D eigenvalue weighted by atomic mass is 35.5. The SMILES string of the molecule is COc1ccccc1-c1nn(Cc2ccc(Cl)cc2Cl)c(-c2ccccc2OC)c1Cl. The van der Waals surface area contributed by atoms with Crippen molar-refractivity contribution in [3.8, 4) is 34.0 Å². The van der Waals surface area contributed by atoms with Gasteiger partial charge in [0, 0.05) is 21.2 Å². The first-order valence-electron chi connectivity index (χ1n) is 9.50. The second-order valence-corrected chi connectivity index (χ2v) is 8.03. The molecule has 0 unspecified atom stereocenters. The second kappa shape index (κ2) is 9.23. The summed E-state index contributed by atoms with van der Waals surface area (Å²) in [6.45, 7) is 0.401. The highest BCUT2D eigenvalue weighted by Gasteiger charge is 2.23. The number of ether oxygens (including phenoxy) is 2. The number of halogens is 3. The fourth-order valence-electron chi connectivity index (χ4n) is 3.48. The third-order valence-corrected chi connectivity index (χ3v) is 5.90. The molecule has 0 spiro atoms. The molecule has 4 nitrogen and oxygen atoms in total. The topological polar surface area (TPSA) is 36.3 Å². The van der Waals surface area contributed by atoms with E-state index in [4.69, 9.17) is 49.4 Å². The van der Waals surface area contributed by atoms with Gasteiger partial charge < -0.3 is 9.47 Å². The first-order chi connectivity index (χ1) is 15.0. The summed E-state index contributed by atoms with van der Waals surface area (Å²) in [6, 6.07) is 20.7. The van der Waals surface area contributed by atoms with Gasteiger partial charge in [0.25, 0.3) is 0 Å². The Labute approximate surface area is 195 Å². The molecule has 0 aliphatic rings. The summed E-state index contributed by atoms with van der Waals surface area (Å²) in [5.74, 6) is 1.38. The molecular weight excluding hydrogens is 455 g/mol. The molecule has 0 saturated carbocycles. The van der Waals surface area contributed by atoms with E-state index < -0.39 is 0 Å². The minimum absolute atomic E-state index is 0.401. The molecule has 0 saturated heterocycles. The van der Waals surface area contributed by atoms with Crippen molar-refractivity contribution in [2.45, 2.75) is 6.54 Å². The summed E-state index contributed by atoms with van der Waals surface area (Å²) in [5.41, 5.74) is 3.84. The smallest absolute Gasteiger partial charge is 0.128 e. The Hall–Kier alpha value is -2.66. The zero-order valence-electron chi connectivity index (χ0n) is 16.9. The maximum absolute atomic E-state index is 6.94. The molecule has 0 atom stereocenters. The third kappa shape index (κ3) is 4.24. The van der Waals surface area contributed by atoms with Crippen molar-refractivity contribution in [2.24, 2.45) is 0 Å². The molecule has 0 fully saturated rings. The maximum Gasteiger partial charge on any atom is 0.128 e. The van der Waals surface area contributed by atoms with Crippen LogP contribution in [-0.2, 0) is 6.54 Å². The number of para-hydroxylation sites is 2. The van der Waals surface area contributed by atoms with Crippen LogP contribution < -0.4 is 9.47 Å². The number of methoxy groups -OCH3 is 2. The van der Waals surface area contributed by atoms with Gasteiger partial charge in [-0.2, -0.15) is 5.10 Å². The molecule has 0 amide bonds. The van der Waals surface area contributed by atoms with Crippen LogP contribution in [0.4, 0.5) is 0 Å². The molecule has 3 aromatic carbocycles. The summed E-state index contributed by atoms with van der Waals surface area (Å²) in [6.07, 6.45) is 0. The van der Waals surface area contributed by atoms with Gasteiger partial charge in [-0.25, -0.2) is 0 Å². The van der Waals surface area contributed by atoms with Crippen LogP contribution in [0.3, 0.4) is 0 Å². The predicted molar refractivity (Wildman–Crippen MR) is 127 cm³/mol. The van der Waals surface area contributed by atoms with E-state index in [0.717, 1.165) is 22.4 Å². The average molecular weight is 474 g/mol. The Morgan fingerprint density at radius 3 is 2.06 bits per heavy atom. The second-order valence-electron chi connectivity index (χ2n) is 6.81. The number of hydrogen-bond donors (Lipinski definition) is 0. The van der Waals surface area contributed by atoms with E-state index in [9.17, 15) is 0 Å². The Balaban J connectivity index is 1.94. The van der Waals surface area contributed by atoms with E-state index in [1.807, 2.05) is 59.3 Å². The number of benzene rings is 3. The van der Waals surface area contributed by atoms with E-state index in [1.165, 1.54) is 0 Å². The lowest BCUT2D eigenvalue weighted by Gasteiger charge is -2.12. The van der Waals surface area contributed by atoms with Crippen LogP contribution in [0.1, 0.15) is 5.56 Å². The summed E-state index contributed by atoms with van der Waals surface area (Å²) in [7, 11) is 3.25. The lowest BCUT2D eigenvalue weighted by molar-refractivity contribution is 0.416. The molecule has 158 valence electrons. The predicted octanol–water partition coefficient (Wildman–Crippen LogP) is 7.24. The fourth-order valence-corrected chi connectivity index (χ4v) is 4.28. The molecule has 4 rings (SSSR count). The van der Waals surface area contributed by atoms with Gasteiger partial charge in [0.15, 0.2) is 0 Å². The molecule has 0 bridgehead atoms. The van der Waals surface area contributed by atoms with E-state index in [1.54, 1.807) is 26.4 Å². The Morgan fingerprint density at radius 1 is 0.806 bits per heavy atom. The molecule has 0 N–H and O–H groups in total.